The van der Waals surface area contributed by atoms with E-state index in [0.29, 0.717) is 0 Å². The molecule has 0 atom stereocenters. The van der Waals surface area contributed by atoms with E-state index in [1.54, 1.807) is 0 Å². The summed E-state index contributed by atoms with van der Waals surface area (Å²) in [4.78, 5) is 9.43. The van der Waals surface area contributed by atoms with Gasteiger partial charge in [0.2, 0.25) is 0 Å². The molecule has 4 aromatic rings. The van der Waals surface area contributed by atoms with Crippen molar-refractivity contribution in [3.8, 4) is 0 Å². The first-order chi connectivity index (χ1) is 11.9. The van der Waals surface area contributed by atoms with Crippen LogP contribution in [0.3, 0.4) is 0 Å². The van der Waals surface area contributed by atoms with E-state index >= 15 is 0 Å². The van der Waals surface area contributed by atoms with Gasteiger partial charge in [0.25, 0.3) is 0 Å². The van der Waals surface area contributed by atoms with Crippen LogP contribution < -0.4 is 9.80 Å². The predicted octanol–water partition coefficient (Wildman–Crippen LogP) is 2.54. The van der Waals surface area contributed by atoms with Gasteiger partial charge in [-0.05, 0) is 24.3 Å². The number of nitrogens with zero attached hydrogens (tertiary/aromatic N) is 5. The normalized spacial score (nSPS) is 15.5. The number of hydrogen-bond acceptors (Lipinski definition) is 4. The summed E-state index contributed by atoms with van der Waals surface area (Å²) >= 11 is 0. The molecule has 0 amide bonds. The second-order valence-electron chi connectivity index (χ2n) is 6.13. The SMILES string of the molecule is c1cc(N2CCN(c3nccn4cccc34)CC2)c2cn[nH]c2c1. The van der Waals surface area contributed by atoms with E-state index in [4.69, 9.17) is 0 Å². The molecule has 1 saturated heterocycles. The van der Waals surface area contributed by atoms with Gasteiger partial charge in [-0.1, -0.05) is 6.07 Å². The molecule has 24 heavy (non-hydrogen) atoms. The van der Waals surface area contributed by atoms with Gasteiger partial charge in [0.1, 0.15) is 0 Å². The minimum atomic E-state index is 0.964. The highest BCUT2D eigenvalue weighted by Crippen LogP contribution is 2.27. The number of aromatic nitrogens is 4. The molecule has 1 aromatic carbocycles. The van der Waals surface area contributed by atoms with Crippen molar-refractivity contribution in [1.82, 2.24) is 19.6 Å². The quantitative estimate of drug-likeness (QED) is 0.617. The van der Waals surface area contributed by atoms with E-state index in [1.165, 1.54) is 16.6 Å². The fraction of sp³-hybridized carbons (Fsp3) is 0.222. The zero-order chi connectivity index (χ0) is 15.9. The molecule has 5 rings (SSSR count). The fourth-order valence-electron chi connectivity index (χ4n) is 3.59. The number of piperazine rings is 1. The van der Waals surface area contributed by atoms with Gasteiger partial charge in [-0.15, -0.1) is 0 Å². The Balaban J connectivity index is 1.41. The first kappa shape index (κ1) is 13.4. The van der Waals surface area contributed by atoms with Crippen molar-refractivity contribution in [1.29, 1.82) is 0 Å². The van der Waals surface area contributed by atoms with Gasteiger partial charge in [0, 0.05) is 55.8 Å². The Hall–Kier alpha value is -3.02. The maximum absolute atomic E-state index is 4.61. The van der Waals surface area contributed by atoms with Crippen LogP contribution in [0.5, 0.6) is 0 Å². The molecular weight excluding hydrogens is 300 g/mol. The molecule has 120 valence electrons. The second kappa shape index (κ2) is 5.26. The van der Waals surface area contributed by atoms with Gasteiger partial charge in [0.05, 0.1) is 17.2 Å². The van der Waals surface area contributed by atoms with E-state index in [0.717, 1.165) is 37.5 Å². The summed E-state index contributed by atoms with van der Waals surface area (Å²) < 4.78 is 2.13. The van der Waals surface area contributed by atoms with Crippen LogP contribution in [0, 0.1) is 0 Å². The average molecular weight is 318 g/mol. The summed E-state index contributed by atoms with van der Waals surface area (Å²) in [5.74, 6) is 1.07. The molecule has 0 spiro atoms. The van der Waals surface area contributed by atoms with Crippen molar-refractivity contribution in [2.45, 2.75) is 0 Å². The van der Waals surface area contributed by atoms with Gasteiger partial charge in [-0.2, -0.15) is 5.10 Å². The molecule has 3 aromatic heterocycles. The molecule has 0 bridgehead atoms. The largest absolute Gasteiger partial charge is 0.367 e. The minimum Gasteiger partial charge on any atom is -0.367 e. The molecule has 0 radical (unpaired) electrons. The third-order valence-electron chi connectivity index (χ3n) is 4.81. The van der Waals surface area contributed by atoms with Crippen LogP contribution in [0.2, 0.25) is 0 Å². The highest BCUT2D eigenvalue weighted by Gasteiger charge is 2.21. The maximum atomic E-state index is 4.61. The van der Waals surface area contributed by atoms with Crippen LogP contribution in [-0.2, 0) is 0 Å². The van der Waals surface area contributed by atoms with E-state index in [-0.39, 0.29) is 0 Å². The van der Waals surface area contributed by atoms with Crippen molar-refractivity contribution < 1.29 is 0 Å². The van der Waals surface area contributed by atoms with Gasteiger partial charge < -0.3 is 14.2 Å². The topological polar surface area (TPSA) is 52.5 Å². The summed E-state index contributed by atoms with van der Waals surface area (Å²) in [6, 6.07) is 10.5. The zero-order valence-electron chi connectivity index (χ0n) is 13.3. The Morgan fingerprint density at radius 1 is 0.917 bits per heavy atom. The Morgan fingerprint density at radius 3 is 2.71 bits per heavy atom. The molecule has 6 heteroatoms. The molecule has 0 saturated carbocycles. The summed E-state index contributed by atoms with van der Waals surface area (Å²) in [6.07, 6.45) is 7.85. The lowest BCUT2D eigenvalue weighted by Gasteiger charge is -2.37. The van der Waals surface area contributed by atoms with Crippen LogP contribution in [-0.4, -0.2) is 45.8 Å². The summed E-state index contributed by atoms with van der Waals surface area (Å²) in [5.41, 5.74) is 3.52. The zero-order valence-corrected chi connectivity index (χ0v) is 13.3. The summed E-state index contributed by atoms with van der Waals surface area (Å²) in [7, 11) is 0. The molecule has 4 heterocycles. The van der Waals surface area contributed by atoms with Crippen molar-refractivity contribution >= 4 is 27.9 Å². The van der Waals surface area contributed by atoms with Crippen LogP contribution >= 0.6 is 0 Å². The Bertz CT molecular complexity index is 911. The molecule has 1 aliphatic rings. The lowest BCUT2D eigenvalue weighted by atomic mass is 10.2. The number of hydrogen-bond donors (Lipinski definition) is 1. The van der Waals surface area contributed by atoms with Crippen LogP contribution in [0.25, 0.3) is 16.4 Å². The van der Waals surface area contributed by atoms with Gasteiger partial charge in [0.15, 0.2) is 5.82 Å². The molecule has 1 fully saturated rings. The van der Waals surface area contributed by atoms with Crippen molar-refractivity contribution in [2.24, 2.45) is 0 Å². The fourth-order valence-corrected chi connectivity index (χ4v) is 3.59. The van der Waals surface area contributed by atoms with Crippen LogP contribution in [0.4, 0.5) is 11.5 Å². The second-order valence-corrected chi connectivity index (χ2v) is 6.13. The average Bonchev–Trinajstić information content (AvgIpc) is 3.30. The Labute approximate surface area is 139 Å². The summed E-state index contributed by atoms with van der Waals surface area (Å²) in [5, 5.41) is 8.42. The van der Waals surface area contributed by atoms with Crippen LogP contribution in [0.15, 0.2) is 55.1 Å². The standard InChI is InChI=1S/C18H18N6/c1-3-15-14(13-20-21-15)16(4-1)23-9-11-24(12-10-23)18-17-5-2-7-22(17)8-6-19-18/h1-8,13H,9-12H2,(H,20,21). The lowest BCUT2D eigenvalue weighted by Crippen LogP contribution is -2.47. The number of aromatic amines is 1. The molecule has 6 nitrogen and oxygen atoms in total. The number of nitrogens with one attached hydrogen (secondary N) is 1. The number of benzene rings is 1. The first-order valence-corrected chi connectivity index (χ1v) is 8.24. The number of H-pyrrole nitrogens is 1. The van der Waals surface area contributed by atoms with E-state index in [2.05, 4.69) is 65.9 Å². The number of fused-ring (bicyclic) bond motifs is 2. The summed E-state index contributed by atoms with van der Waals surface area (Å²) in [6.45, 7) is 3.89. The van der Waals surface area contributed by atoms with Crippen molar-refractivity contribution in [3.63, 3.8) is 0 Å². The molecule has 0 aliphatic carbocycles. The Morgan fingerprint density at radius 2 is 1.79 bits per heavy atom. The van der Waals surface area contributed by atoms with E-state index < -0.39 is 0 Å². The van der Waals surface area contributed by atoms with Crippen molar-refractivity contribution in [2.75, 3.05) is 36.0 Å². The van der Waals surface area contributed by atoms with Gasteiger partial charge in [-0.25, -0.2) is 4.98 Å². The minimum absolute atomic E-state index is 0.964. The predicted molar refractivity (Wildman–Crippen MR) is 95.7 cm³/mol. The third kappa shape index (κ3) is 2.03. The highest BCUT2D eigenvalue weighted by molar-refractivity contribution is 5.91. The van der Waals surface area contributed by atoms with Gasteiger partial charge in [-0.3, -0.25) is 5.10 Å². The smallest absolute Gasteiger partial charge is 0.153 e. The molecule has 1 aliphatic heterocycles. The van der Waals surface area contributed by atoms with Crippen molar-refractivity contribution in [3.05, 3.63) is 55.1 Å². The Kier molecular flexibility index (Phi) is 2.94. The monoisotopic (exact) mass is 318 g/mol. The van der Waals surface area contributed by atoms with E-state index in [9.17, 15) is 0 Å². The van der Waals surface area contributed by atoms with E-state index in [1.807, 2.05) is 18.6 Å². The molecule has 1 N–H and O–H groups in total. The first-order valence-electron chi connectivity index (χ1n) is 8.24. The van der Waals surface area contributed by atoms with Crippen LogP contribution in [0.1, 0.15) is 0 Å². The molecule has 0 unspecified atom stereocenters. The highest BCUT2D eigenvalue weighted by atomic mass is 15.3. The number of rotatable bonds is 2. The molecular formula is C18H18N6. The lowest BCUT2D eigenvalue weighted by molar-refractivity contribution is 0.649. The number of anilines is 2. The third-order valence-corrected chi connectivity index (χ3v) is 4.81. The maximum Gasteiger partial charge on any atom is 0.153 e. The van der Waals surface area contributed by atoms with Gasteiger partial charge >= 0.3 is 0 Å².